The Morgan fingerprint density at radius 1 is 1.32 bits per heavy atom. The number of hydrogen-bond donors (Lipinski definition) is 1. The third-order valence-electron chi connectivity index (χ3n) is 3.49. The van der Waals surface area contributed by atoms with Gasteiger partial charge in [0.05, 0.1) is 18.7 Å². The summed E-state index contributed by atoms with van der Waals surface area (Å²) in [6.07, 6.45) is 1.87. The normalized spacial score (nSPS) is 15.8. The Kier molecular flexibility index (Phi) is 3.52. The molecule has 1 fully saturated rings. The summed E-state index contributed by atoms with van der Waals surface area (Å²) in [6.45, 7) is 0. The van der Waals surface area contributed by atoms with Crippen molar-refractivity contribution in [1.82, 2.24) is 0 Å². The Hall–Kier alpha value is -2.35. The lowest BCUT2D eigenvalue weighted by Gasteiger charge is -2.36. The van der Waals surface area contributed by atoms with Gasteiger partial charge in [0.25, 0.3) is 0 Å². The molecule has 1 aliphatic carbocycles. The Morgan fingerprint density at radius 2 is 1.95 bits per heavy atom. The first-order valence-corrected chi connectivity index (χ1v) is 6.02. The second-order valence-corrected chi connectivity index (χ2v) is 4.57. The van der Waals surface area contributed by atoms with E-state index in [2.05, 4.69) is 5.32 Å². The number of hydrogen-bond acceptors (Lipinski definition) is 4. The first-order chi connectivity index (χ1) is 9.12. The molecule has 0 aliphatic heterocycles. The van der Waals surface area contributed by atoms with Crippen LogP contribution in [-0.4, -0.2) is 19.0 Å². The average Bonchev–Trinajstić information content (AvgIpc) is 2.38. The molecule has 5 heteroatoms. The fraction of sp³-hybridized carbons (Fsp3) is 0.357. The van der Waals surface area contributed by atoms with Crippen LogP contribution in [-0.2, 0) is 14.3 Å². The topological polar surface area (TPSA) is 79.2 Å². The average molecular weight is 258 g/mol. The Balaban J connectivity index is 2.11. The maximum atomic E-state index is 12.2. The summed E-state index contributed by atoms with van der Waals surface area (Å²) < 4.78 is 4.71. The molecular formula is C14H14N2O3. The lowest BCUT2D eigenvalue weighted by molar-refractivity contribution is -0.163. The standard InChI is InChI=1S/C14H14N2O3/c1-19-13(18)14(7-2-8-14)12(17)16-11-5-3-10(9-15)4-6-11/h3-6H,2,7-8H2,1H3,(H,16,17). The summed E-state index contributed by atoms with van der Waals surface area (Å²) in [5.41, 5.74) is 0.0475. The molecule has 0 saturated heterocycles. The zero-order valence-corrected chi connectivity index (χ0v) is 10.6. The molecule has 1 aromatic carbocycles. The second-order valence-electron chi connectivity index (χ2n) is 4.57. The third-order valence-corrected chi connectivity index (χ3v) is 3.49. The van der Waals surface area contributed by atoms with Crippen LogP contribution in [0.3, 0.4) is 0 Å². The van der Waals surface area contributed by atoms with Gasteiger partial charge >= 0.3 is 5.97 Å². The molecule has 5 nitrogen and oxygen atoms in total. The molecule has 19 heavy (non-hydrogen) atoms. The minimum atomic E-state index is -1.04. The van der Waals surface area contributed by atoms with Crippen molar-refractivity contribution >= 4 is 17.6 Å². The van der Waals surface area contributed by atoms with Crippen LogP contribution in [0.15, 0.2) is 24.3 Å². The van der Waals surface area contributed by atoms with Gasteiger partial charge in [0, 0.05) is 5.69 Å². The lowest BCUT2D eigenvalue weighted by atomic mass is 9.68. The summed E-state index contributed by atoms with van der Waals surface area (Å²) in [5, 5.41) is 11.4. The van der Waals surface area contributed by atoms with Crippen LogP contribution in [0, 0.1) is 16.7 Å². The van der Waals surface area contributed by atoms with E-state index in [0.29, 0.717) is 24.1 Å². The fourth-order valence-corrected chi connectivity index (χ4v) is 2.13. The molecule has 0 atom stereocenters. The van der Waals surface area contributed by atoms with Gasteiger partial charge in [-0.25, -0.2) is 0 Å². The van der Waals surface area contributed by atoms with Crippen LogP contribution in [0.1, 0.15) is 24.8 Å². The predicted octanol–water partition coefficient (Wildman–Crippen LogP) is 1.84. The Bertz CT molecular complexity index is 539. The van der Waals surface area contributed by atoms with Gasteiger partial charge in [0.15, 0.2) is 0 Å². The van der Waals surface area contributed by atoms with Gasteiger partial charge in [-0.15, -0.1) is 0 Å². The van der Waals surface area contributed by atoms with Gasteiger partial charge in [-0.3, -0.25) is 9.59 Å². The smallest absolute Gasteiger partial charge is 0.321 e. The first-order valence-electron chi connectivity index (χ1n) is 6.02. The van der Waals surface area contributed by atoms with E-state index < -0.39 is 11.4 Å². The molecular weight excluding hydrogens is 244 g/mol. The molecule has 0 bridgehead atoms. The van der Waals surface area contributed by atoms with Gasteiger partial charge in [-0.05, 0) is 37.1 Å². The van der Waals surface area contributed by atoms with Crippen molar-refractivity contribution in [2.75, 3.05) is 12.4 Å². The Labute approximate surface area is 111 Å². The number of amides is 1. The number of nitriles is 1. The van der Waals surface area contributed by atoms with E-state index in [4.69, 9.17) is 10.00 Å². The molecule has 0 unspecified atom stereocenters. The van der Waals surface area contributed by atoms with E-state index in [0.717, 1.165) is 6.42 Å². The number of carbonyl (C=O) groups excluding carboxylic acids is 2. The van der Waals surface area contributed by atoms with Crippen molar-refractivity contribution < 1.29 is 14.3 Å². The SMILES string of the molecule is COC(=O)C1(C(=O)Nc2ccc(C#N)cc2)CCC1. The second kappa shape index (κ2) is 5.11. The molecule has 0 heterocycles. The lowest BCUT2D eigenvalue weighted by Crippen LogP contribution is -2.48. The van der Waals surface area contributed by atoms with Gasteiger partial charge in [0.1, 0.15) is 5.41 Å². The summed E-state index contributed by atoms with van der Waals surface area (Å²) in [7, 11) is 1.29. The monoisotopic (exact) mass is 258 g/mol. The third kappa shape index (κ3) is 2.29. The largest absolute Gasteiger partial charge is 0.468 e. The zero-order valence-electron chi connectivity index (χ0n) is 10.6. The van der Waals surface area contributed by atoms with Crippen LogP contribution in [0.5, 0.6) is 0 Å². The van der Waals surface area contributed by atoms with Gasteiger partial charge in [-0.2, -0.15) is 5.26 Å². The van der Waals surface area contributed by atoms with Crippen molar-refractivity contribution in [2.45, 2.75) is 19.3 Å². The maximum absolute atomic E-state index is 12.2. The minimum absolute atomic E-state index is 0.338. The molecule has 98 valence electrons. The number of methoxy groups -OCH3 is 1. The summed E-state index contributed by atoms with van der Waals surface area (Å²) >= 11 is 0. The highest BCUT2D eigenvalue weighted by atomic mass is 16.5. The van der Waals surface area contributed by atoms with E-state index >= 15 is 0 Å². The van der Waals surface area contributed by atoms with E-state index in [1.807, 2.05) is 6.07 Å². The van der Waals surface area contributed by atoms with Crippen LogP contribution in [0.4, 0.5) is 5.69 Å². The summed E-state index contributed by atoms with van der Waals surface area (Å²) in [5.74, 6) is -0.819. The molecule has 1 aromatic rings. The molecule has 0 radical (unpaired) electrons. The van der Waals surface area contributed by atoms with E-state index in [9.17, 15) is 9.59 Å². The zero-order chi connectivity index (χ0) is 13.9. The summed E-state index contributed by atoms with van der Waals surface area (Å²) in [6, 6.07) is 8.50. The van der Waals surface area contributed by atoms with Crippen molar-refractivity contribution in [3.63, 3.8) is 0 Å². The molecule has 0 aromatic heterocycles. The predicted molar refractivity (Wildman–Crippen MR) is 68.1 cm³/mol. The van der Waals surface area contributed by atoms with Gasteiger partial charge < -0.3 is 10.1 Å². The number of esters is 1. The molecule has 2 rings (SSSR count). The number of anilines is 1. The van der Waals surface area contributed by atoms with Gasteiger partial charge in [0.2, 0.25) is 5.91 Å². The number of ether oxygens (including phenoxy) is 1. The molecule has 1 N–H and O–H groups in total. The van der Waals surface area contributed by atoms with Crippen molar-refractivity contribution in [1.29, 1.82) is 5.26 Å². The maximum Gasteiger partial charge on any atom is 0.321 e. The molecule has 0 spiro atoms. The molecule has 1 aliphatic rings. The number of nitrogens with one attached hydrogen (secondary N) is 1. The van der Waals surface area contributed by atoms with Gasteiger partial charge in [-0.1, -0.05) is 6.42 Å². The van der Waals surface area contributed by atoms with E-state index in [-0.39, 0.29) is 5.91 Å². The van der Waals surface area contributed by atoms with Crippen molar-refractivity contribution in [3.05, 3.63) is 29.8 Å². The highest BCUT2D eigenvalue weighted by Gasteiger charge is 2.51. The fourth-order valence-electron chi connectivity index (χ4n) is 2.13. The number of rotatable bonds is 3. The van der Waals surface area contributed by atoms with Crippen molar-refractivity contribution in [3.8, 4) is 6.07 Å². The quantitative estimate of drug-likeness (QED) is 0.662. The van der Waals surface area contributed by atoms with Crippen LogP contribution in [0.2, 0.25) is 0 Å². The molecule has 1 saturated carbocycles. The van der Waals surface area contributed by atoms with E-state index in [1.165, 1.54) is 7.11 Å². The minimum Gasteiger partial charge on any atom is -0.468 e. The summed E-state index contributed by atoms with van der Waals surface area (Å²) in [4.78, 5) is 23.9. The highest BCUT2D eigenvalue weighted by Crippen LogP contribution is 2.42. The number of nitrogens with zero attached hydrogens (tertiary/aromatic N) is 1. The number of benzene rings is 1. The van der Waals surface area contributed by atoms with Crippen molar-refractivity contribution in [2.24, 2.45) is 5.41 Å². The van der Waals surface area contributed by atoms with E-state index in [1.54, 1.807) is 24.3 Å². The molecule has 1 amide bonds. The first kappa shape index (κ1) is 13.1. The van der Waals surface area contributed by atoms with Crippen LogP contribution in [0.25, 0.3) is 0 Å². The van der Waals surface area contributed by atoms with Crippen LogP contribution < -0.4 is 5.32 Å². The highest BCUT2D eigenvalue weighted by molar-refractivity contribution is 6.09. The number of carbonyl (C=O) groups is 2. The van der Waals surface area contributed by atoms with Crippen LogP contribution >= 0.6 is 0 Å². The Morgan fingerprint density at radius 3 is 2.37 bits per heavy atom.